The summed E-state index contributed by atoms with van der Waals surface area (Å²) in [6.07, 6.45) is -1.64. The fourth-order valence-corrected chi connectivity index (χ4v) is 3.83. The van der Waals surface area contributed by atoms with Gasteiger partial charge in [0.25, 0.3) is 0 Å². The fourth-order valence-electron chi connectivity index (χ4n) is 3.83. The van der Waals surface area contributed by atoms with Crippen molar-refractivity contribution in [2.45, 2.75) is 32.5 Å². The van der Waals surface area contributed by atoms with E-state index in [9.17, 15) is 18.0 Å². The highest BCUT2D eigenvalue weighted by atomic mass is 19.4. The highest BCUT2D eigenvalue weighted by Gasteiger charge is 2.37. The molecule has 4 rings (SSSR count). The molecule has 34 heavy (non-hydrogen) atoms. The molecule has 7 nitrogen and oxygen atoms in total. The Morgan fingerprint density at radius 3 is 2.53 bits per heavy atom. The maximum atomic E-state index is 13.2. The number of alkyl halides is 3. The van der Waals surface area contributed by atoms with Gasteiger partial charge in [0.2, 0.25) is 0 Å². The molecule has 180 valence electrons. The van der Waals surface area contributed by atoms with E-state index in [4.69, 9.17) is 18.7 Å². The SMILES string of the molecule is CCCc1c(OCCOc2cccc3c2ccn3CC(=O)OC)ccc2c(C(F)(F)F)noc12. The first-order valence-electron chi connectivity index (χ1n) is 10.7. The molecular weight excluding hydrogens is 453 g/mol. The van der Waals surface area contributed by atoms with Gasteiger partial charge in [-0.2, -0.15) is 13.2 Å². The minimum atomic E-state index is -4.60. The molecule has 0 spiro atoms. The summed E-state index contributed by atoms with van der Waals surface area (Å²) in [5.41, 5.74) is 0.418. The molecule has 4 aromatic rings. The van der Waals surface area contributed by atoms with Crippen molar-refractivity contribution in [2.24, 2.45) is 0 Å². The Balaban J connectivity index is 1.47. The van der Waals surface area contributed by atoms with Gasteiger partial charge in [0.1, 0.15) is 31.3 Å². The normalized spacial score (nSPS) is 11.8. The molecule has 0 saturated carbocycles. The molecule has 2 heterocycles. The van der Waals surface area contributed by atoms with Crippen LogP contribution in [0.4, 0.5) is 13.2 Å². The molecule has 0 bridgehead atoms. The van der Waals surface area contributed by atoms with Crippen LogP contribution in [-0.2, 0) is 28.7 Å². The lowest BCUT2D eigenvalue weighted by Gasteiger charge is -2.13. The molecule has 0 unspecified atom stereocenters. The third-order valence-electron chi connectivity index (χ3n) is 5.37. The van der Waals surface area contributed by atoms with Crippen LogP contribution in [0.15, 0.2) is 47.1 Å². The lowest BCUT2D eigenvalue weighted by Crippen LogP contribution is -2.11. The summed E-state index contributed by atoms with van der Waals surface area (Å²) in [5.74, 6) is 0.704. The van der Waals surface area contributed by atoms with Gasteiger partial charge in [0, 0.05) is 17.1 Å². The van der Waals surface area contributed by atoms with Crippen LogP contribution in [0.1, 0.15) is 24.6 Å². The quantitative estimate of drug-likeness (QED) is 0.238. The molecular formula is C24H23F3N2O5. The summed E-state index contributed by atoms with van der Waals surface area (Å²) in [6.45, 7) is 2.38. The third kappa shape index (κ3) is 4.66. The lowest BCUT2D eigenvalue weighted by molar-refractivity contribution is -0.142. The number of fused-ring (bicyclic) bond motifs is 2. The van der Waals surface area contributed by atoms with E-state index in [1.807, 2.05) is 31.2 Å². The van der Waals surface area contributed by atoms with E-state index in [-0.39, 0.29) is 36.7 Å². The zero-order chi connectivity index (χ0) is 24.3. The number of hydrogen-bond donors (Lipinski definition) is 0. The summed E-state index contributed by atoms with van der Waals surface area (Å²) in [6, 6.07) is 10.2. The molecule has 0 aliphatic heterocycles. The summed E-state index contributed by atoms with van der Waals surface area (Å²) in [7, 11) is 1.34. The second kappa shape index (κ2) is 9.66. The fraction of sp³-hybridized carbons (Fsp3) is 0.333. The van der Waals surface area contributed by atoms with Crippen LogP contribution in [0.25, 0.3) is 21.9 Å². The van der Waals surface area contributed by atoms with E-state index in [0.29, 0.717) is 29.9 Å². The number of carbonyl (C=O) groups is 1. The second-order valence-corrected chi connectivity index (χ2v) is 7.60. The van der Waals surface area contributed by atoms with Gasteiger partial charge in [0.15, 0.2) is 11.3 Å². The zero-order valence-corrected chi connectivity index (χ0v) is 18.6. The first kappa shape index (κ1) is 23.5. The average molecular weight is 476 g/mol. The Kier molecular flexibility index (Phi) is 6.67. The second-order valence-electron chi connectivity index (χ2n) is 7.60. The molecule has 0 radical (unpaired) electrons. The molecule has 2 aromatic heterocycles. The van der Waals surface area contributed by atoms with Gasteiger partial charge in [-0.1, -0.05) is 24.6 Å². The number of carbonyl (C=O) groups excluding carboxylic acids is 1. The highest BCUT2D eigenvalue weighted by Crippen LogP contribution is 2.38. The maximum Gasteiger partial charge on any atom is 0.437 e. The zero-order valence-electron chi connectivity index (χ0n) is 18.6. The number of esters is 1. The third-order valence-corrected chi connectivity index (χ3v) is 5.37. The van der Waals surface area contributed by atoms with Crippen molar-refractivity contribution >= 4 is 27.8 Å². The summed E-state index contributed by atoms with van der Waals surface area (Å²) in [4.78, 5) is 11.6. The molecule has 0 N–H and O–H groups in total. The molecule has 0 aliphatic rings. The number of methoxy groups -OCH3 is 1. The molecule has 0 atom stereocenters. The minimum absolute atomic E-state index is 0.0808. The van der Waals surface area contributed by atoms with Crippen LogP contribution in [0.5, 0.6) is 11.5 Å². The van der Waals surface area contributed by atoms with Crippen LogP contribution >= 0.6 is 0 Å². The Morgan fingerprint density at radius 2 is 1.82 bits per heavy atom. The van der Waals surface area contributed by atoms with Crippen molar-refractivity contribution in [1.29, 1.82) is 0 Å². The number of halogens is 3. The standard InChI is InChI=1S/C24H23F3N2O5/c1-3-5-16-20(9-8-17-22(16)34-28-23(17)24(25,26)27)33-13-12-32-19-7-4-6-18-15(19)10-11-29(18)14-21(30)31-2/h4,6-11H,3,5,12-14H2,1-2H3. The first-order valence-corrected chi connectivity index (χ1v) is 10.7. The van der Waals surface area contributed by atoms with Gasteiger partial charge >= 0.3 is 12.1 Å². The summed E-state index contributed by atoms with van der Waals surface area (Å²) < 4.78 is 62.8. The summed E-state index contributed by atoms with van der Waals surface area (Å²) in [5, 5.41) is 3.98. The maximum absolute atomic E-state index is 13.2. The van der Waals surface area contributed by atoms with Crippen molar-refractivity contribution in [3.05, 3.63) is 53.9 Å². The van der Waals surface area contributed by atoms with Gasteiger partial charge < -0.3 is 23.3 Å². The first-order chi connectivity index (χ1) is 16.3. The van der Waals surface area contributed by atoms with Crippen molar-refractivity contribution < 1.29 is 36.7 Å². The van der Waals surface area contributed by atoms with Gasteiger partial charge in [-0.05, 0) is 36.8 Å². The van der Waals surface area contributed by atoms with E-state index in [1.165, 1.54) is 19.2 Å². The smallest absolute Gasteiger partial charge is 0.437 e. The van der Waals surface area contributed by atoms with Crippen LogP contribution in [0, 0.1) is 0 Å². The average Bonchev–Trinajstić information content (AvgIpc) is 3.43. The van der Waals surface area contributed by atoms with Crippen LogP contribution in [0.3, 0.4) is 0 Å². The number of aromatic nitrogens is 2. The van der Waals surface area contributed by atoms with Gasteiger partial charge in [-0.25, -0.2) is 0 Å². The van der Waals surface area contributed by atoms with Gasteiger partial charge in [-0.15, -0.1) is 0 Å². The molecule has 0 aliphatic carbocycles. The van der Waals surface area contributed by atoms with Crippen LogP contribution in [0.2, 0.25) is 0 Å². The Morgan fingerprint density at radius 1 is 1.06 bits per heavy atom. The van der Waals surface area contributed by atoms with E-state index in [1.54, 1.807) is 10.8 Å². The van der Waals surface area contributed by atoms with Crippen molar-refractivity contribution in [2.75, 3.05) is 20.3 Å². The Bertz CT molecular complexity index is 1310. The highest BCUT2D eigenvalue weighted by molar-refractivity contribution is 5.87. The number of hydrogen-bond acceptors (Lipinski definition) is 6. The number of nitrogens with zero attached hydrogens (tertiary/aromatic N) is 2. The van der Waals surface area contributed by atoms with E-state index >= 15 is 0 Å². The van der Waals surface area contributed by atoms with Gasteiger partial charge in [0.05, 0.1) is 18.0 Å². The van der Waals surface area contributed by atoms with Crippen molar-refractivity contribution in [3.8, 4) is 11.5 Å². The summed E-state index contributed by atoms with van der Waals surface area (Å²) >= 11 is 0. The van der Waals surface area contributed by atoms with E-state index < -0.39 is 11.9 Å². The number of aryl methyl sites for hydroxylation is 1. The number of ether oxygens (including phenoxy) is 3. The molecule has 10 heteroatoms. The largest absolute Gasteiger partial charge is 0.490 e. The monoisotopic (exact) mass is 476 g/mol. The van der Waals surface area contributed by atoms with Crippen LogP contribution < -0.4 is 9.47 Å². The predicted molar refractivity (Wildman–Crippen MR) is 118 cm³/mol. The molecule has 0 saturated heterocycles. The molecule has 2 aromatic carbocycles. The van der Waals surface area contributed by atoms with Gasteiger partial charge in [-0.3, -0.25) is 4.79 Å². The van der Waals surface area contributed by atoms with Crippen molar-refractivity contribution in [3.63, 3.8) is 0 Å². The van der Waals surface area contributed by atoms with E-state index in [0.717, 1.165) is 10.9 Å². The van der Waals surface area contributed by atoms with E-state index in [2.05, 4.69) is 5.16 Å². The Hall–Kier alpha value is -3.69. The minimum Gasteiger partial charge on any atom is -0.490 e. The molecule has 0 fully saturated rings. The van der Waals surface area contributed by atoms with Crippen molar-refractivity contribution in [1.82, 2.24) is 9.72 Å². The number of benzene rings is 2. The molecule has 0 amide bonds. The Labute approximate surface area is 193 Å². The predicted octanol–water partition coefficient (Wildman–Crippen LogP) is 5.38. The number of rotatable bonds is 9. The lowest BCUT2D eigenvalue weighted by atomic mass is 10.0. The topological polar surface area (TPSA) is 75.7 Å². The van der Waals surface area contributed by atoms with Crippen LogP contribution in [-0.4, -0.2) is 36.0 Å².